The van der Waals surface area contributed by atoms with Crippen molar-refractivity contribution in [2.75, 3.05) is 18.0 Å². The maximum absolute atomic E-state index is 11.9. The zero-order valence-electron chi connectivity index (χ0n) is 13.7. The number of anilines is 1. The van der Waals surface area contributed by atoms with Gasteiger partial charge < -0.3 is 15.0 Å². The second-order valence-electron chi connectivity index (χ2n) is 6.79. The van der Waals surface area contributed by atoms with Crippen LogP contribution in [0, 0.1) is 0 Å². The lowest BCUT2D eigenvalue weighted by Gasteiger charge is -2.22. The molecule has 1 N–H and O–H groups in total. The Morgan fingerprint density at radius 2 is 2.04 bits per heavy atom. The Hall–Kier alpha value is -2.37. The fourth-order valence-electron chi connectivity index (χ4n) is 2.66. The van der Waals surface area contributed by atoms with Crippen LogP contribution in [0.4, 0.5) is 10.6 Å². The summed E-state index contributed by atoms with van der Waals surface area (Å²) >= 11 is 0. The van der Waals surface area contributed by atoms with Gasteiger partial charge in [-0.2, -0.15) is 0 Å². The van der Waals surface area contributed by atoms with Gasteiger partial charge in [-0.25, -0.2) is 9.78 Å². The van der Waals surface area contributed by atoms with Crippen molar-refractivity contribution in [2.24, 2.45) is 0 Å². The summed E-state index contributed by atoms with van der Waals surface area (Å²) < 4.78 is 5.30. The quantitative estimate of drug-likeness (QED) is 0.923. The molecule has 1 atom stereocenters. The lowest BCUT2D eigenvalue weighted by molar-refractivity contribution is 0.0509. The highest BCUT2D eigenvalue weighted by Crippen LogP contribution is 2.20. The first-order valence-electron chi connectivity index (χ1n) is 7.87. The minimum absolute atomic E-state index is 0.0677. The van der Waals surface area contributed by atoms with Crippen LogP contribution in [0.3, 0.4) is 0 Å². The van der Waals surface area contributed by atoms with Gasteiger partial charge in [0.2, 0.25) is 0 Å². The van der Waals surface area contributed by atoms with E-state index in [0.717, 1.165) is 29.8 Å². The number of carbonyl (C=O) groups is 1. The number of para-hydroxylation sites is 2. The average molecular weight is 314 g/mol. The summed E-state index contributed by atoms with van der Waals surface area (Å²) in [5.41, 5.74) is 1.29. The van der Waals surface area contributed by atoms with E-state index in [-0.39, 0.29) is 12.1 Å². The lowest BCUT2D eigenvalue weighted by Crippen LogP contribution is -2.40. The maximum atomic E-state index is 11.9. The Morgan fingerprint density at radius 3 is 2.78 bits per heavy atom. The number of rotatable bonds is 2. The summed E-state index contributed by atoms with van der Waals surface area (Å²) in [5, 5.41) is 2.92. The van der Waals surface area contributed by atoms with E-state index in [1.165, 1.54) is 0 Å². The molecule has 1 amide bonds. The van der Waals surface area contributed by atoms with E-state index in [2.05, 4.69) is 20.2 Å². The molecule has 0 spiro atoms. The average Bonchev–Trinajstić information content (AvgIpc) is 2.93. The highest BCUT2D eigenvalue weighted by molar-refractivity contribution is 5.75. The van der Waals surface area contributed by atoms with E-state index in [1.54, 1.807) is 6.20 Å². The van der Waals surface area contributed by atoms with E-state index in [4.69, 9.17) is 4.74 Å². The second kappa shape index (κ2) is 6.02. The molecule has 0 radical (unpaired) electrons. The first-order valence-corrected chi connectivity index (χ1v) is 7.87. The van der Waals surface area contributed by atoms with Crippen molar-refractivity contribution >= 4 is 22.9 Å². The number of benzene rings is 1. The zero-order chi connectivity index (χ0) is 16.4. The summed E-state index contributed by atoms with van der Waals surface area (Å²) in [6, 6.07) is 7.88. The predicted molar refractivity (Wildman–Crippen MR) is 89.5 cm³/mol. The molecule has 1 aliphatic rings. The summed E-state index contributed by atoms with van der Waals surface area (Å²) in [4.78, 5) is 23.1. The Kier molecular flexibility index (Phi) is 4.07. The molecular weight excluding hydrogens is 292 g/mol. The number of nitrogens with one attached hydrogen (secondary N) is 1. The third-order valence-corrected chi connectivity index (χ3v) is 3.67. The van der Waals surface area contributed by atoms with Gasteiger partial charge >= 0.3 is 6.09 Å². The zero-order valence-corrected chi connectivity index (χ0v) is 13.7. The summed E-state index contributed by atoms with van der Waals surface area (Å²) in [6.45, 7) is 7.13. The molecule has 3 rings (SSSR count). The van der Waals surface area contributed by atoms with E-state index in [1.807, 2.05) is 45.0 Å². The first-order chi connectivity index (χ1) is 10.9. The Labute approximate surface area is 135 Å². The van der Waals surface area contributed by atoms with Crippen LogP contribution in [0.15, 0.2) is 30.5 Å². The van der Waals surface area contributed by atoms with Crippen LogP contribution in [0.1, 0.15) is 27.2 Å². The van der Waals surface area contributed by atoms with Gasteiger partial charge in [0, 0.05) is 13.1 Å². The molecular formula is C17H22N4O2. The third kappa shape index (κ3) is 3.88. The van der Waals surface area contributed by atoms with Crippen LogP contribution in [0.2, 0.25) is 0 Å². The van der Waals surface area contributed by atoms with Gasteiger partial charge in [0.15, 0.2) is 0 Å². The normalized spacial score (nSPS) is 18.2. The van der Waals surface area contributed by atoms with Crippen molar-refractivity contribution in [2.45, 2.75) is 38.8 Å². The first kappa shape index (κ1) is 15.5. The fourth-order valence-corrected chi connectivity index (χ4v) is 2.66. The number of aromatic nitrogens is 2. The molecule has 1 aromatic heterocycles. The molecule has 2 heterocycles. The van der Waals surface area contributed by atoms with Crippen LogP contribution >= 0.6 is 0 Å². The van der Waals surface area contributed by atoms with Crippen LogP contribution < -0.4 is 10.2 Å². The van der Waals surface area contributed by atoms with Gasteiger partial charge in [0.05, 0.1) is 23.3 Å². The Bertz CT molecular complexity index is 711. The molecule has 122 valence electrons. The van der Waals surface area contributed by atoms with Crippen molar-refractivity contribution in [3.8, 4) is 0 Å². The number of hydrogen-bond acceptors (Lipinski definition) is 5. The van der Waals surface area contributed by atoms with Gasteiger partial charge in [-0.1, -0.05) is 12.1 Å². The van der Waals surface area contributed by atoms with Crippen molar-refractivity contribution in [3.63, 3.8) is 0 Å². The molecule has 0 bridgehead atoms. The van der Waals surface area contributed by atoms with E-state index in [9.17, 15) is 4.79 Å². The molecule has 0 saturated carbocycles. The van der Waals surface area contributed by atoms with E-state index < -0.39 is 5.60 Å². The minimum atomic E-state index is -0.480. The SMILES string of the molecule is CC(C)(C)OC(=O)N[C@H]1CCN(c2cnc3ccccc3n2)C1. The fraction of sp³-hybridized carbons (Fsp3) is 0.471. The second-order valence-corrected chi connectivity index (χ2v) is 6.79. The van der Waals surface area contributed by atoms with Crippen LogP contribution in [-0.2, 0) is 4.74 Å². The number of alkyl carbamates (subject to hydrolysis) is 1. The smallest absolute Gasteiger partial charge is 0.407 e. The molecule has 1 saturated heterocycles. The van der Waals surface area contributed by atoms with E-state index >= 15 is 0 Å². The molecule has 0 aliphatic carbocycles. The van der Waals surface area contributed by atoms with Crippen LogP contribution in [-0.4, -0.2) is 40.8 Å². The van der Waals surface area contributed by atoms with Crippen molar-refractivity contribution < 1.29 is 9.53 Å². The number of hydrogen-bond donors (Lipinski definition) is 1. The third-order valence-electron chi connectivity index (χ3n) is 3.67. The number of fused-ring (bicyclic) bond motifs is 1. The number of ether oxygens (including phenoxy) is 1. The van der Waals surface area contributed by atoms with Crippen LogP contribution in [0.5, 0.6) is 0 Å². The molecule has 0 unspecified atom stereocenters. The summed E-state index contributed by atoms with van der Waals surface area (Å²) in [7, 11) is 0. The molecule has 2 aromatic rings. The van der Waals surface area contributed by atoms with Gasteiger partial charge in [-0.3, -0.25) is 4.98 Å². The van der Waals surface area contributed by atoms with Gasteiger partial charge in [0.25, 0.3) is 0 Å². The highest BCUT2D eigenvalue weighted by atomic mass is 16.6. The molecule has 1 aliphatic heterocycles. The minimum Gasteiger partial charge on any atom is -0.444 e. The summed E-state index contributed by atoms with van der Waals surface area (Å²) in [6.07, 6.45) is 2.29. The molecule has 23 heavy (non-hydrogen) atoms. The van der Waals surface area contributed by atoms with E-state index in [0.29, 0.717) is 6.54 Å². The number of nitrogens with zero attached hydrogens (tertiary/aromatic N) is 3. The lowest BCUT2D eigenvalue weighted by atomic mass is 10.2. The number of amides is 1. The predicted octanol–water partition coefficient (Wildman–Crippen LogP) is 2.73. The topological polar surface area (TPSA) is 67.3 Å². The number of carbonyl (C=O) groups excluding carboxylic acids is 1. The summed E-state index contributed by atoms with van der Waals surface area (Å²) in [5.74, 6) is 0.845. The van der Waals surface area contributed by atoms with Crippen molar-refractivity contribution in [3.05, 3.63) is 30.5 Å². The standard InChI is InChI=1S/C17H22N4O2/c1-17(2,3)23-16(22)19-12-8-9-21(11-12)15-10-18-13-6-4-5-7-14(13)20-15/h4-7,10,12H,8-9,11H2,1-3H3,(H,19,22)/t12-/m0/s1. The Balaban J connectivity index is 1.63. The van der Waals surface area contributed by atoms with Gasteiger partial charge in [0.1, 0.15) is 11.4 Å². The van der Waals surface area contributed by atoms with Gasteiger partial charge in [-0.15, -0.1) is 0 Å². The van der Waals surface area contributed by atoms with Crippen molar-refractivity contribution in [1.29, 1.82) is 0 Å². The molecule has 6 heteroatoms. The molecule has 1 fully saturated rings. The Morgan fingerprint density at radius 1 is 1.30 bits per heavy atom. The highest BCUT2D eigenvalue weighted by Gasteiger charge is 2.27. The van der Waals surface area contributed by atoms with Crippen molar-refractivity contribution in [1.82, 2.24) is 15.3 Å². The monoisotopic (exact) mass is 314 g/mol. The largest absolute Gasteiger partial charge is 0.444 e. The molecule has 6 nitrogen and oxygen atoms in total. The maximum Gasteiger partial charge on any atom is 0.407 e. The molecule has 1 aromatic carbocycles. The van der Waals surface area contributed by atoms with Crippen LogP contribution in [0.25, 0.3) is 11.0 Å². The van der Waals surface area contributed by atoms with Gasteiger partial charge in [-0.05, 0) is 39.3 Å².